The molecule has 0 aromatic carbocycles. The smallest absolute Gasteiger partial charge is 0.180 e. The number of aryl methyl sites for hydroxylation is 2. The first-order valence-electron chi connectivity index (χ1n) is 6.52. The van der Waals surface area contributed by atoms with E-state index in [-0.39, 0.29) is 6.10 Å². The molecule has 1 aliphatic rings. The maximum absolute atomic E-state index is 6.15. The molecule has 2 aromatic rings. The van der Waals surface area contributed by atoms with Gasteiger partial charge in [0.15, 0.2) is 5.82 Å². The number of morpholine rings is 1. The molecule has 20 heavy (non-hydrogen) atoms. The monoisotopic (exact) mass is 296 g/mol. The molecule has 8 heteroatoms. The van der Waals surface area contributed by atoms with E-state index in [2.05, 4.69) is 25.2 Å². The van der Waals surface area contributed by atoms with Crippen LogP contribution in [0.4, 0.5) is 0 Å². The first-order valence-corrected chi connectivity index (χ1v) is 6.90. The van der Waals surface area contributed by atoms with Gasteiger partial charge >= 0.3 is 0 Å². The Morgan fingerprint density at radius 2 is 2.40 bits per heavy atom. The van der Waals surface area contributed by atoms with Gasteiger partial charge in [-0.05, 0) is 6.92 Å². The van der Waals surface area contributed by atoms with Crippen molar-refractivity contribution in [3.63, 3.8) is 0 Å². The lowest BCUT2D eigenvalue weighted by Crippen LogP contribution is -2.38. The van der Waals surface area contributed by atoms with Crippen molar-refractivity contribution in [3.8, 4) is 0 Å². The molecular formula is C12H17ClN6O. The zero-order chi connectivity index (χ0) is 14.1. The van der Waals surface area contributed by atoms with Gasteiger partial charge in [0.1, 0.15) is 11.9 Å². The Bertz CT molecular complexity index is 575. The minimum atomic E-state index is -0.0966. The number of nitrogens with zero attached hydrogens (tertiary/aromatic N) is 5. The van der Waals surface area contributed by atoms with Crippen LogP contribution in [0.1, 0.15) is 23.4 Å². The highest BCUT2D eigenvalue weighted by Gasteiger charge is 2.26. The highest BCUT2D eigenvalue weighted by atomic mass is 35.5. The third kappa shape index (κ3) is 2.70. The zero-order valence-electron chi connectivity index (χ0n) is 11.5. The van der Waals surface area contributed by atoms with Crippen LogP contribution in [0.3, 0.4) is 0 Å². The number of nitrogens with one attached hydrogen (secondary N) is 1. The SMILES string of the molecule is Cc1nc([C@H]2CN(Cc3c(Cl)cnn3C)CCO2)n[nH]1. The Labute approximate surface area is 121 Å². The van der Waals surface area contributed by atoms with Crippen LogP contribution in [-0.4, -0.2) is 49.6 Å². The van der Waals surface area contributed by atoms with Crippen molar-refractivity contribution in [1.82, 2.24) is 29.9 Å². The Morgan fingerprint density at radius 1 is 1.55 bits per heavy atom. The lowest BCUT2D eigenvalue weighted by molar-refractivity contribution is -0.0377. The number of aromatic amines is 1. The van der Waals surface area contributed by atoms with Crippen LogP contribution in [0.2, 0.25) is 5.02 Å². The molecule has 0 spiro atoms. The van der Waals surface area contributed by atoms with Crippen LogP contribution < -0.4 is 0 Å². The summed E-state index contributed by atoms with van der Waals surface area (Å²) in [5, 5.41) is 11.9. The fourth-order valence-electron chi connectivity index (χ4n) is 2.33. The fraction of sp³-hybridized carbons (Fsp3) is 0.583. The third-order valence-electron chi connectivity index (χ3n) is 3.44. The van der Waals surface area contributed by atoms with Crippen molar-refractivity contribution in [1.29, 1.82) is 0 Å². The molecular weight excluding hydrogens is 280 g/mol. The summed E-state index contributed by atoms with van der Waals surface area (Å²) in [7, 11) is 1.90. The molecule has 0 bridgehead atoms. The highest BCUT2D eigenvalue weighted by Crippen LogP contribution is 2.22. The molecule has 1 fully saturated rings. The van der Waals surface area contributed by atoms with Crippen molar-refractivity contribution in [2.75, 3.05) is 19.7 Å². The van der Waals surface area contributed by atoms with Gasteiger partial charge in [0.25, 0.3) is 0 Å². The van der Waals surface area contributed by atoms with E-state index in [0.717, 1.165) is 31.2 Å². The molecule has 0 radical (unpaired) electrons. The summed E-state index contributed by atoms with van der Waals surface area (Å²) in [4.78, 5) is 6.62. The maximum Gasteiger partial charge on any atom is 0.180 e. The van der Waals surface area contributed by atoms with Crippen molar-refractivity contribution in [2.24, 2.45) is 7.05 Å². The van der Waals surface area contributed by atoms with Gasteiger partial charge in [-0.3, -0.25) is 14.7 Å². The van der Waals surface area contributed by atoms with Crippen molar-refractivity contribution < 1.29 is 4.74 Å². The summed E-state index contributed by atoms with van der Waals surface area (Å²) < 4.78 is 7.55. The van der Waals surface area contributed by atoms with Gasteiger partial charge < -0.3 is 4.74 Å². The van der Waals surface area contributed by atoms with Crippen LogP contribution in [0.5, 0.6) is 0 Å². The molecule has 108 valence electrons. The summed E-state index contributed by atoms with van der Waals surface area (Å²) in [5.74, 6) is 1.51. The molecule has 7 nitrogen and oxygen atoms in total. The number of aromatic nitrogens is 5. The molecule has 0 aliphatic carbocycles. The normalized spacial score (nSPS) is 20.4. The van der Waals surface area contributed by atoms with E-state index in [4.69, 9.17) is 16.3 Å². The number of rotatable bonds is 3. The Kier molecular flexibility index (Phi) is 3.73. The predicted octanol–water partition coefficient (Wildman–Crippen LogP) is 1.07. The Morgan fingerprint density at radius 3 is 3.05 bits per heavy atom. The molecule has 0 amide bonds. The summed E-state index contributed by atoms with van der Waals surface area (Å²) in [5.41, 5.74) is 1.01. The van der Waals surface area contributed by atoms with E-state index in [1.54, 1.807) is 6.20 Å². The second-order valence-corrected chi connectivity index (χ2v) is 5.34. The van der Waals surface area contributed by atoms with Crippen molar-refractivity contribution in [2.45, 2.75) is 19.6 Å². The van der Waals surface area contributed by atoms with E-state index < -0.39 is 0 Å². The molecule has 2 aromatic heterocycles. The minimum absolute atomic E-state index is 0.0966. The highest BCUT2D eigenvalue weighted by molar-refractivity contribution is 6.31. The van der Waals surface area contributed by atoms with Gasteiger partial charge in [-0.1, -0.05) is 11.6 Å². The predicted molar refractivity (Wildman–Crippen MR) is 73.3 cm³/mol. The first-order chi connectivity index (χ1) is 9.63. The molecule has 1 aliphatic heterocycles. The number of ether oxygens (including phenoxy) is 1. The number of hydrogen-bond acceptors (Lipinski definition) is 5. The van der Waals surface area contributed by atoms with Gasteiger partial charge in [-0.15, -0.1) is 0 Å². The standard InChI is InChI=1S/C12H17ClN6O/c1-8-15-12(17-16-8)11-7-19(3-4-20-11)6-10-9(13)5-14-18(10)2/h5,11H,3-4,6-7H2,1-2H3,(H,15,16,17)/t11-/m1/s1. The number of hydrogen-bond donors (Lipinski definition) is 1. The average Bonchev–Trinajstić information content (AvgIpc) is 3.00. The van der Waals surface area contributed by atoms with Crippen LogP contribution in [0.15, 0.2) is 6.20 Å². The van der Waals surface area contributed by atoms with Crippen LogP contribution in [0, 0.1) is 6.92 Å². The lowest BCUT2D eigenvalue weighted by atomic mass is 10.2. The molecule has 3 rings (SSSR count). The van der Waals surface area contributed by atoms with E-state index in [1.165, 1.54) is 0 Å². The summed E-state index contributed by atoms with van der Waals surface area (Å²) >= 11 is 6.15. The lowest BCUT2D eigenvalue weighted by Gasteiger charge is -2.31. The molecule has 1 N–H and O–H groups in total. The van der Waals surface area contributed by atoms with Gasteiger partial charge in [0.2, 0.25) is 0 Å². The molecule has 1 atom stereocenters. The molecule has 0 unspecified atom stereocenters. The third-order valence-corrected chi connectivity index (χ3v) is 3.75. The van der Waals surface area contributed by atoms with Gasteiger partial charge in [0.05, 0.1) is 23.5 Å². The van der Waals surface area contributed by atoms with E-state index >= 15 is 0 Å². The first kappa shape index (κ1) is 13.5. The van der Waals surface area contributed by atoms with Crippen LogP contribution in [-0.2, 0) is 18.3 Å². The Balaban J connectivity index is 1.69. The molecule has 1 saturated heterocycles. The topological polar surface area (TPSA) is 71.9 Å². The second-order valence-electron chi connectivity index (χ2n) is 4.94. The van der Waals surface area contributed by atoms with Crippen LogP contribution in [0.25, 0.3) is 0 Å². The minimum Gasteiger partial charge on any atom is -0.367 e. The number of H-pyrrole nitrogens is 1. The summed E-state index contributed by atoms with van der Waals surface area (Å²) in [6, 6.07) is 0. The Hall–Kier alpha value is -1.44. The van der Waals surface area contributed by atoms with Crippen LogP contribution >= 0.6 is 11.6 Å². The largest absolute Gasteiger partial charge is 0.367 e. The fourth-order valence-corrected chi connectivity index (χ4v) is 2.56. The average molecular weight is 297 g/mol. The number of halogens is 1. The molecule has 3 heterocycles. The van der Waals surface area contributed by atoms with E-state index in [9.17, 15) is 0 Å². The van der Waals surface area contributed by atoms with E-state index in [1.807, 2.05) is 18.7 Å². The van der Waals surface area contributed by atoms with E-state index in [0.29, 0.717) is 17.5 Å². The molecule has 0 saturated carbocycles. The second kappa shape index (κ2) is 5.51. The van der Waals surface area contributed by atoms with Crippen molar-refractivity contribution in [3.05, 3.63) is 28.6 Å². The maximum atomic E-state index is 6.15. The zero-order valence-corrected chi connectivity index (χ0v) is 12.3. The van der Waals surface area contributed by atoms with Gasteiger partial charge in [0, 0.05) is 26.7 Å². The van der Waals surface area contributed by atoms with Gasteiger partial charge in [-0.25, -0.2) is 4.98 Å². The van der Waals surface area contributed by atoms with Gasteiger partial charge in [-0.2, -0.15) is 10.2 Å². The summed E-state index contributed by atoms with van der Waals surface area (Å²) in [6.07, 6.45) is 1.58. The quantitative estimate of drug-likeness (QED) is 0.917. The summed E-state index contributed by atoms with van der Waals surface area (Å²) in [6.45, 7) is 4.90. The van der Waals surface area contributed by atoms with Crippen molar-refractivity contribution >= 4 is 11.6 Å².